The molecule has 1 aromatic heterocycles. The van der Waals surface area contributed by atoms with Crippen molar-refractivity contribution in [3.63, 3.8) is 0 Å². The zero-order chi connectivity index (χ0) is 23.0. The predicted octanol–water partition coefficient (Wildman–Crippen LogP) is 4.83. The van der Waals surface area contributed by atoms with Gasteiger partial charge in [0.2, 0.25) is 0 Å². The maximum absolute atomic E-state index is 13.9. The highest BCUT2D eigenvalue weighted by Crippen LogP contribution is 2.59. The maximum Gasteiger partial charge on any atom is 0.351 e. The van der Waals surface area contributed by atoms with E-state index in [-0.39, 0.29) is 39.0 Å². The minimum Gasteiger partial charge on any atom is -0.323 e. The van der Waals surface area contributed by atoms with Gasteiger partial charge in [-0.3, -0.25) is 4.57 Å². The highest BCUT2D eigenvalue weighted by molar-refractivity contribution is 7.93. The molecular weight excluding hydrogens is 484 g/mol. The summed E-state index contributed by atoms with van der Waals surface area (Å²) in [6, 6.07) is 8.45. The minimum atomic E-state index is -5.01. The topological polar surface area (TPSA) is 121 Å². The highest BCUT2D eigenvalue weighted by Gasteiger charge is 2.54. The SMILES string of the molecule is CCC(CC)(N(c1cccc2cncnc12)S(=O)(=O)c1cc(Cl)cc(Cl)c1)P(=O)(O)O. The number of hydrogen-bond donors (Lipinski definition) is 2. The lowest BCUT2D eigenvalue weighted by molar-refractivity contribution is 0.317. The van der Waals surface area contributed by atoms with Crippen LogP contribution in [0.4, 0.5) is 5.69 Å². The Morgan fingerprint density at radius 3 is 2.26 bits per heavy atom. The van der Waals surface area contributed by atoms with E-state index in [1.165, 1.54) is 50.6 Å². The third-order valence-corrected chi connectivity index (χ3v) is 9.51. The van der Waals surface area contributed by atoms with Crippen LogP contribution in [0.1, 0.15) is 26.7 Å². The molecule has 166 valence electrons. The molecule has 0 atom stereocenters. The van der Waals surface area contributed by atoms with Gasteiger partial charge in [0.15, 0.2) is 5.28 Å². The van der Waals surface area contributed by atoms with Crippen LogP contribution < -0.4 is 4.31 Å². The molecule has 3 aromatic rings. The largest absolute Gasteiger partial charge is 0.351 e. The van der Waals surface area contributed by atoms with Crippen molar-refractivity contribution in [2.45, 2.75) is 36.9 Å². The molecule has 0 saturated carbocycles. The molecule has 0 radical (unpaired) electrons. The van der Waals surface area contributed by atoms with Gasteiger partial charge in [0.05, 0.1) is 16.1 Å². The summed E-state index contributed by atoms with van der Waals surface area (Å²) < 4.78 is 41.4. The summed E-state index contributed by atoms with van der Waals surface area (Å²) in [4.78, 5) is 28.6. The quantitative estimate of drug-likeness (QED) is 0.443. The summed E-state index contributed by atoms with van der Waals surface area (Å²) >= 11 is 12.1. The summed E-state index contributed by atoms with van der Waals surface area (Å²) in [5, 5.41) is -1.42. The summed E-state index contributed by atoms with van der Waals surface area (Å²) in [5.41, 5.74) is 0.247. The van der Waals surface area contributed by atoms with Crippen molar-refractivity contribution in [3.8, 4) is 0 Å². The molecule has 0 aliphatic rings. The van der Waals surface area contributed by atoms with E-state index in [9.17, 15) is 22.8 Å². The van der Waals surface area contributed by atoms with Gasteiger partial charge in [0.25, 0.3) is 10.0 Å². The van der Waals surface area contributed by atoms with Gasteiger partial charge in [-0.25, -0.2) is 22.7 Å². The third-order valence-electron chi connectivity index (χ3n) is 5.16. The fourth-order valence-corrected chi connectivity index (χ4v) is 7.93. The van der Waals surface area contributed by atoms with E-state index in [4.69, 9.17) is 23.2 Å². The first-order valence-corrected chi connectivity index (χ1v) is 13.0. The number of para-hydroxylation sites is 1. The van der Waals surface area contributed by atoms with Crippen molar-refractivity contribution in [1.29, 1.82) is 0 Å². The lowest BCUT2D eigenvalue weighted by Crippen LogP contribution is -2.51. The Kier molecular flexibility index (Phi) is 6.68. The van der Waals surface area contributed by atoms with Crippen molar-refractivity contribution in [1.82, 2.24) is 9.97 Å². The van der Waals surface area contributed by atoms with Crippen molar-refractivity contribution in [2.75, 3.05) is 4.31 Å². The monoisotopic (exact) mass is 503 g/mol. The molecule has 0 aliphatic heterocycles. The lowest BCUT2D eigenvalue weighted by Gasteiger charge is -2.43. The zero-order valence-electron chi connectivity index (χ0n) is 16.6. The molecule has 0 spiro atoms. The van der Waals surface area contributed by atoms with Gasteiger partial charge in [-0.1, -0.05) is 49.2 Å². The molecule has 2 aromatic carbocycles. The zero-order valence-corrected chi connectivity index (χ0v) is 19.8. The van der Waals surface area contributed by atoms with Gasteiger partial charge in [0.1, 0.15) is 6.33 Å². The fraction of sp³-hybridized carbons (Fsp3) is 0.263. The molecule has 0 bridgehead atoms. The molecule has 3 rings (SSSR count). The van der Waals surface area contributed by atoms with E-state index in [1.54, 1.807) is 12.1 Å². The van der Waals surface area contributed by atoms with E-state index >= 15 is 0 Å². The number of fused-ring (bicyclic) bond motifs is 1. The van der Waals surface area contributed by atoms with Crippen LogP contribution in [0.5, 0.6) is 0 Å². The molecule has 1 heterocycles. The molecule has 8 nitrogen and oxygen atoms in total. The smallest absolute Gasteiger partial charge is 0.323 e. The third kappa shape index (κ3) is 4.18. The van der Waals surface area contributed by atoms with Crippen LogP contribution in [0.3, 0.4) is 0 Å². The van der Waals surface area contributed by atoms with Gasteiger partial charge >= 0.3 is 7.60 Å². The summed E-state index contributed by atoms with van der Waals surface area (Å²) in [5.74, 6) is 0. The molecule has 0 fully saturated rings. The van der Waals surface area contributed by atoms with Gasteiger partial charge in [-0.2, -0.15) is 0 Å². The van der Waals surface area contributed by atoms with E-state index in [1.807, 2.05) is 0 Å². The average Bonchev–Trinajstić information content (AvgIpc) is 2.70. The van der Waals surface area contributed by atoms with Crippen LogP contribution >= 0.6 is 30.8 Å². The first-order valence-electron chi connectivity index (χ1n) is 9.24. The van der Waals surface area contributed by atoms with Crippen LogP contribution in [-0.4, -0.2) is 33.5 Å². The summed E-state index contributed by atoms with van der Waals surface area (Å²) in [6.45, 7) is 3.05. The molecule has 0 saturated heterocycles. The van der Waals surface area contributed by atoms with Gasteiger partial charge in [0, 0.05) is 21.6 Å². The van der Waals surface area contributed by atoms with Crippen molar-refractivity contribution < 1.29 is 22.8 Å². The Labute approximate surface area is 190 Å². The van der Waals surface area contributed by atoms with Crippen LogP contribution in [0.15, 0.2) is 53.8 Å². The van der Waals surface area contributed by atoms with Crippen LogP contribution in [-0.2, 0) is 14.6 Å². The molecular formula is C19H20Cl2N3O5PS. The number of rotatable bonds is 7. The number of anilines is 1. The Balaban J connectivity index is 2.46. The van der Waals surface area contributed by atoms with E-state index in [0.29, 0.717) is 5.39 Å². The van der Waals surface area contributed by atoms with Crippen molar-refractivity contribution >= 4 is 57.4 Å². The normalized spacial score (nSPS) is 12.8. The second kappa shape index (κ2) is 8.65. The second-order valence-electron chi connectivity index (χ2n) is 6.85. The van der Waals surface area contributed by atoms with Gasteiger partial charge in [-0.05, 0) is 37.1 Å². The van der Waals surface area contributed by atoms with Crippen molar-refractivity contribution in [3.05, 3.63) is 59.0 Å². The summed E-state index contributed by atoms with van der Waals surface area (Å²) in [7, 11) is -9.55. The number of benzene rings is 2. The Hall–Kier alpha value is -1.74. The lowest BCUT2D eigenvalue weighted by atomic mass is 10.1. The van der Waals surface area contributed by atoms with E-state index < -0.39 is 22.9 Å². The highest BCUT2D eigenvalue weighted by atomic mass is 35.5. The first kappa shape index (κ1) is 23.9. The Bertz CT molecular complexity index is 1250. The molecule has 0 amide bonds. The Morgan fingerprint density at radius 1 is 1.10 bits per heavy atom. The fourth-order valence-electron chi connectivity index (χ4n) is 3.59. The average molecular weight is 504 g/mol. The molecule has 0 unspecified atom stereocenters. The number of hydrogen-bond acceptors (Lipinski definition) is 5. The van der Waals surface area contributed by atoms with E-state index in [2.05, 4.69) is 9.97 Å². The first-order chi connectivity index (χ1) is 14.5. The predicted molar refractivity (Wildman–Crippen MR) is 121 cm³/mol. The van der Waals surface area contributed by atoms with Crippen molar-refractivity contribution in [2.24, 2.45) is 0 Å². The van der Waals surface area contributed by atoms with Gasteiger partial charge < -0.3 is 9.79 Å². The number of halogens is 2. The minimum absolute atomic E-state index is 0.0167. The molecule has 31 heavy (non-hydrogen) atoms. The number of nitrogens with zero attached hydrogens (tertiary/aromatic N) is 3. The molecule has 2 N–H and O–H groups in total. The number of sulfonamides is 1. The molecule has 12 heteroatoms. The van der Waals surface area contributed by atoms with E-state index in [0.717, 1.165) is 4.31 Å². The second-order valence-corrected chi connectivity index (χ2v) is 11.4. The number of aromatic nitrogens is 2. The maximum atomic E-state index is 13.9. The summed E-state index contributed by atoms with van der Waals surface area (Å²) in [6.07, 6.45) is 2.40. The van der Waals surface area contributed by atoms with Crippen LogP contribution in [0.2, 0.25) is 10.0 Å². The molecule has 0 aliphatic carbocycles. The Morgan fingerprint density at radius 2 is 1.71 bits per heavy atom. The van der Waals surface area contributed by atoms with Gasteiger partial charge in [-0.15, -0.1) is 0 Å². The van der Waals surface area contributed by atoms with Crippen LogP contribution in [0, 0.1) is 0 Å². The van der Waals surface area contributed by atoms with Crippen LogP contribution in [0.25, 0.3) is 10.9 Å². The standard InChI is InChI=1S/C19H20Cl2N3O5PS/c1-3-19(4-2,30(25,26)27)24(17-7-5-6-13-11-22-12-23-18(13)17)31(28,29)16-9-14(20)8-15(21)10-16/h5-12H,3-4H2,1-2H3,(H2,25,26,27).